The van der Waals surface area contributed by atoms with Gasteiger partial charge in [0.1, 0.15) is 5.75 Å². The summed E-state index contributed by atoms with van der Waals surface area (Å²) in [5, 5.41) is 0. The minimum atomic E-state index is -0.996. The molecule has 0 bridgehead atoms. The summed E-state index contributed by atoms with van der Waals surface area (Å²) in [6.45, 7) is 1.93. The summed E-state index contributed by atoms with van der Waals surface area (Å²) in [7, 11) is 0.650. The Bertz CT molecular complexity index is 608. The monoisotopic (exact) mass is 289 g/mol. The molecule has 0 heterocycles. The van der Waals surface area contributed by atoms with E-state index in [2.05, 4.69) is 0 Å². The van der Waals surface area contributed by atoms with Crippen LogP contribution in [0.2, 0.25) is 0 Å². The average molecular weight is 289 g/mol. The van der Waals surface area contributed by atoms with E-state index in [4.69, 9.17) is 10.5 Å². The zero-order valence-corrected chi connectivity index (χ0v) is 12.6. The number of nitrogen functional groups attached to an aromatic ring is 1. The van der Waals surface area contributed by atoms with Crippen molar-refractivity contribution >= 4 is 16.5 Å². The molecule has 106 valence electrons. The van der Waals surface area contributed by atoms with Crippen molar-refractivity contribution in [1.82, 2.24) is 0 Å². The van der Waals surface area contributed by atoms with Crippen LogP contribution in [0, 0.1) is 6.92 Å². The summed E-state index contributed by atoms with van der Waals surface area (Å²) >= 11 is 0. The third kappa shape index (κ3) is 3.61. The second-order valence-corrected chi connectivity index (χ2v) is 6.24. The molecule has 3 nitrogen and oxygen atoms in total. The van der Waals surface area contributed by atoms with Crippen LogP contribution in [0.15, 0.2) is 47.4 Å². The third-order valence-corrected chi connectivity index (χ3v) is 4.59. The molecule has 2 N–H and O–H groups in total. The van der Waals surface area contributed by atoms with Crippen molar-refractivity contribution in [3.63, 3.8) is 0 Å². The van der Waals surface area contributed by atoms with Gasteiger partial charge in [-0.25, -0.2) is 0 Å². The smallest absolute Gasteiger partial charge is 0.118 e. The molecule has 0 saturated carbocycles. The van der Waals surface area contributed by atoms with Crippen LogP contribution in [-0.4, -0.2) is 17.1 Å². The molecule has 1 unspecified atom stereocenters. The van der Waals surface area contributed by atoms with Crippen molar-refractivity contribution in [1.29, 1.82) is 0 Å². The highest BCUT2D eigenvalue weighted by atomic mass is 32.2. The quantitative estimate of drug-likeness (QED) is 0.861. The Balaban J connectivity index is 1.98. The van der Waals surface area contributed by atoms with E-state index in [1.807, 2.05) is 49.4 Å². The number of benzene rings is 2. The number of anilines is 1. The lowest BCUT2D eigenvalue weighted by atomic mass is 10.2. The molecule has 2 aromatic carbocycles. The molecule has 0 fully saturated rings. The van der Waals surface area contributed by atoms with E-state index in [9.17, 15) is 4.21 Å². The molecule has 0 aliphatic heterocycles. The highest BCUT2D eigenvalue weighted by Gasteiger charge is 2.06. The van der Waals surface area contributed by atoms with Crippen LogP contribution >= 0.6 is 0 Å². The van der Waals surface area contributed by atoms with Crippen LogP contribution in [0.25, 0.3) is 0 Å². The first kappa shape index (κ1) is 14.6. The van der Waals surface area contributed by atoms with Gasteiger partial charge in [-0.05, 0) is 54.8 Å². The highest BCUT2D eigenvalue weighted by molar-refractivity contribution is 7.85. The summed E-state index contributed by atoms with van der Waals surface area (Å²) < 4.78 is 17.4. The number of hydrogen-bond acceptors (Lipinski definition) is 3. The minimum absolute atomic E-state index is 0.607. The molecule has 0 aliphatic carbocycles. The van der Waals surface area contributed by atoms with Crippen molar-refractivity contribution in [3.8, 4) is 5.75 Å². The van der Waals surface area contributed by atoms with Gasteiger partial charge in [0.25, 0.3) is 0 Å². The maximum Gasteiger partial charge on any atom is 0.118 e. The van der Waals surface area contributed by atoms with Crippen molar-refractivity contribution in [2.24, 2.45) is 0 Å². The van der Waals surface area contributed by atoms with Crippen molar-refractivity contribution in [2.75, 3.05) is 18.6 Å². The molecular formula is C16H19NO2S. The number of aryl methyl sites for hydroxylation is 2. The normalized spacial score (nSPS) is 12.1. The molecule has 4 heteroatoms. The first-order valence-electron chi connectivity index (χ1n) is 6.47. The molecule has 20 heavy (non-hydrogen) atoms. The van der Waals surface area contributed by atoms with E-state index in [1.165, 1.54) is 0 Å². The van der Waals surface area contributed by atoms with Crippen LogP contribution in [-0.2, 0) is 17.2 Å². The Kier molecular flexibility index (Phi) is 4.79. The summed E-state index contributed by atoms with van der Waals surface area (Å²) in [5.41, 5.74) is 8.64. The molecule has 0 saturated heterocycles. The number of methoxy groups -OCH3 is 1. The van der Waals surface area contributed by atoms with Gasteiger partial charge in [-0.3, -0.25) is 4.21 Å². The van der Waals surface area contributed by atoms with E-state index in [0.29, 0.717) is 5.75 Å². The van der Waals surface area contributed by atoms with Gasteiger partial charge in [0, 0.05) is 16.3 Å². The van der Waals surface area contributed by atoms with Crippen LogP contribution < -0.4 is 10.5 Å². The second kappa shape index (κ2) is 6.57. The fraction of sp³-hybridized carbons (Fsp3) is 0.250. The average Bonchev–Trinajstić information content (AvgIpc) is 2.48. The molecule has 0 spiro atoms. The zero-order valence-electron chi connectivity index (χ0n) is 11.8. The van der Waals surface area contributed by atoms with E-state index in [1.54, 1.807) is 7.11 Å². The second-order valence-electron chi connectivity index (χ2n) is 4.67. The Morgan fingerprint density at radius 1 is 1.15 bits per heavy atom. The van der Waals surface area contributed by atoms with Gasteiger partial charge in [-0.2, -0.15) is 0 Å². The molecule has 0 aromatic heterocycles. The Morgan fingerprint density at radius 2 is 1.85 bits per heavy atom. The van der Waals surface area contributed by atoms with Crippen molar-refractivity contribution < 1.29 is 8.95 Å². The first-order chi connectivity index (χ1) is 9.60. The van der Waals surface area contributed by atoms with Crippen LogP contribution in [0.1, 0.15) is 11.1 Å². The lowest BCUT2D eigenvalue weighted by Crippen LogP contribution is -2.02. The van der Waals surface area contributed by atoms with Gasteiger partial charge in [0.15, 0.2) is 0 Å². The Hall–Kier alpha value is -1.81. The lowest BCUT2D eigenvalue weighted by molar-refractivity contribution is 0.414. The number of rotatable bonds is 5. The van der Waals surface area contributed by atoms with Gasteiger partial charge in [-0.1, -0.05) is 12.1 Å². The maximum absolute atomic E-state index is 12.3. The van der Waals surface area contributed by atoms with Crippen LogP contribution in [0.3, 0.4) is 0 Å². The van der Waals surface area contributed by atoms with E-state index < -0.39 is 10.8 Å². The van der Waals surface area contributed by atoms with Gasteiger partial charge < -0.3 is 10.5 Å². The fourth-order valence-corrected chi connectivity index (χ4v) is 3.10. The zero-order chi connectivity index (χ0) is 14.5. The SMILES string of the molecule is COc1ccc(CCS(=O)c2ccc(N)c(C)c2)cc1. The third-order valence-electron chi connectivity index (χ3n) is 3.24. The molecule has 0 radical (unpaired) electrons. The predicted octanol–water partition coefficient (Wildman–Crippen LogP) is 2.94. The fourth-order valence-electron chi connectivity index (χ4n) is 1.91. The van der Waals surface area contributed by atoms with E-state index in [0.717, 1.165) is 33.9 Å². The summed E-state index contributed by atoms with van der Waals surface area (Å²) in [6, 6.07) is 13.4. The standard InChI is InChI=1S/C16H19NO2S/c1-12-11-15(7-8-16(12)17)20(18)10-9-13-3-5-14(19-2)6-4-13/h3-8,11H,9-10,17H2,1-2H3. The Morgan fingerprint density at radius 3 is 2.45 bits per heavy atom. The van der Waals surface area contributed by atoms with Gasteiger partial charge in [-0.15, -0.1) is 0 Å². The molecule has 0 aliphatic rings. The van der Waals surface area contributed by atoms with Crippen molar-refractivity contribution in [3.05, 3.63) is 53.6 Å². The number of ether oxygens (including phenoxy) is 1. The highest BCUT2D eigenvalue weighted by Crippen LogP contribution is 2.17. The number of nitrogens with two attached hydrogens (primary N) is 1. The number of hydrogen-bond donors (Lipinski definition) is 1. The lowest BCUT2D eigenvalue weighted by Gasteiger charge is -2.06. The molecule has 0 amide bonds. The van der Waals surface area contributed by atoms with Gasteiger partial charge in [0.05, 0.1) is 17.9 Å². The van der Waals surface area contributed by atoms with Crippen LogP contribution in [0.4, 0.5) is 5.69 Å². The Labute approximate surface area is 122 Å². The van der Waals surface area contributed by atoms with Crippen molar-refractivity contribution in [2.45, 2.75) is 18.2 Å². The molecule has 2 aromatic rings. The largest absolute Gasteiger partial charge is 0.497 e. The topological polar surface area (TPSA) is 52.3 Å². The first-order valence-corrected chi connectivity index (χ1v) is 7.79. The minimum Gasteiger partial charge on any atom is -0.497 e. The maximum atomic E-state index is 12.3. The van der Waals surface area contributed by atoms with E-state index >= 15 is 0 Å². The molecule has 2 rings (SSSR count). The predicted molar refractivity (Wildman–Crippen MR) is 83.6 cm³/mol. The molecule has 1 atom stereocenters. The van der Waals surface area contributed by atoms with Gasteiger partial charge in [0.2, 0.25) is 0 Å². The summed E-state index contributed by atoms with van der Waals surface area (Å²) in [4.78, 5) is 0.838. The van der Waals surface area contributed by atoms with Crippen LogP contribution in [0.5, 0.6) is 5.75 Å². The summed E-state index contributed by atoms with van der Waals surface area (Å²) in [6.07, 6.45) is 0.778. The summed E-state index contributed by atoms with van der Waals surface area (Å²) in [5.74, 6) is 1.44. The van der Waals surface area contributed by atoms with Gasteiger partial charge >= 0.3 is 0 Å². The van der Waals surface area contributed by atoms with E-state index in [-0.39, 0.29) is 0 Å². The molecular weight excluding hydrogens is 270 g/mol.